The lowest BCUT2D eigenvalue weighted by Crippen LogP contribution is -2.03. The number of hydrogen-bond acceptors (Lipinski definition) is 3. The predicted octanol–water partition coefficient (Wildman–Crippen LogP) is 3.81. The van der Waals surface area contributed by atoms with Crippen molar-refractivity contribution >= 4 is 12.2 Å². The van der Waals surface area contributed by atoms with Crippen LogP contribution in [0.5, 0.6) is 0 Å². The van der Waals surface area contributed by atoms with Gasteiger partial charge < -0.3 is 4.74 Å². The lowest BCUT2D eigenvalue weighted by molar-refractivity contribution is -0.137. The summed E-state index contributed by atoms with van der Waals surface area (Å²) in [6, 6.07) is 6.68. The van der Waals surface area contributed by atoms with E-state index in [0.717, 1.165) is 17.8 Å². The number of benzene rings is 1. The van der Waals surface area contributed by atoms with Crippen LogP contribution in [0.1, 0.15) is 22.5 Å². The molecule has 21 heavy (non-hydrogen) atoms. The lowest BCUT2D eigenvalue weighted by atomic mass is 10.1. The van der Waals surface area contributed by atoms with Gasteiger partial charge in [0.25, 0.3) is 0 Å². The van der Waals surface area contributed by atoms with Crippen molar-refractivity contribution in [3.63, 3.8) is 0 Å². The minimum atomic E-state index is -4.32. The van der Waals surface area contributed by atoms with Crippen molar-refractivity contribution in [3.05, 3.63) is 59.2 Å². The highest BCUT2D eigenvalue weighted by molar-refractivity contribution is 5.68. The van der Waals surface area contributed by atoms with Crippen molar-refractivity contribution in [1.29, 1.82) is 0 Å². The van der Waals surface area contributed by atoms with Gasteiger partial charge in [0.05, 0.1) is 23.6 Å². The maximum absolute atomic E-state index is 12.4. The van der Waals surface area contributed by atoms with Gasteiger partial charge in [0.15, 0.2) is 0 Å². The summed E-state index contributed by atoms with van der Waals surface area (Å²) in [6.45, 7) is 0.379. The molecule has 0 aliphatic carbocycles. The molecule has 3 nitrogen and oxygen atoms in total. The van der Waals surface area contributed by atoms with Crippen LogP contribution in [0, 0.1) is 0 Å². The molecule has 2 rings (SSSR count). The first-order chi connectivity index (χ1) is 9.99. The van der Waals surface area contributed by atoms with Crippen LogP contribution < -0.4 is 0 Å². The van der Waals surface area contributed by atoms with Crippen LogP contribution in [0.3, 0.4) is 0 Å². The standard InChI is InChI=1S/C15H13F3N2O/c1-21-9-14-8-13(19-10-20-14)7-4-11-2-5-12(6-3-11)15(16,17)18/h2-8,10H,9H2,1H3. The van der Waals surface area contributed by atoms with Crippen LogP contribution in [0.25, 0.3) is 12.2 Å². The average Bonchev–Trinajstić information content (AvgIpc) is 2.45. The number of aromatic nitrogens is 2. The summed E-state index contributed by atoms with van der Waals surface area (Å²) in [6.07, 6.45) is 0.507. The van der Waals surface area contributed by atoms with E-state index in [1.165, 1.54) is 18.5 Å². The number of hydrogen-bond donors (Lipinski definition) is 0. The summed E-state index contributed by atoms with van der Waals surface area (Å²) in [5.74, 6) is 0. The zero-order valence-electron chi connectivity index (χ0n) is 11.3. The van der Waals surface area contributed by atoms with Gasteiger partial charge in [0.2, 0.25) is 0 Å². The molecule has 0 aliphatic heterocycles. The Morgan fingerprint density at radius 1 is 1.10 bits per heavy atom. The molecular weight excluding hydrogens is 281 g/mol. The Kier molecular flexibility index (Phi) is 4.70. The fourth-order valence-electron chi connectivity index (χ4n) is 1.70. The molecule has 0 fully saturated rings. The Labute approximate surface area is 120 Å². The summed E-state index contributed by atoms with van der Waals surface area (Å²) >= 11 is 0. The second kappa shape index (κ2) is 6.49. The van der Waals surface area contributed by atoms with Gasteiger partial charge in [-0.05, 0) is 29.8 Å². The molecule has 110 valence electrons. The Hall–Kier alpha value is -2.21. The molecular formula is C15H13F3N2O. The molecule has 0 spiro atoms. The maximum atomic E-state index is 12.4. The van der Waals surface area contributed by atoms with Crippen LogP contribution in [0.15, 0.2) is 36.7 Å². The van der Waals surface area contributed by atoms with E-state index in [1.54, 1.807) is 25.3 Å². The van der Waals surface area contributed by atoms with Crippen LogP contribution in [-0.4, -0.2) is 17.1 Å². The van der Waals surface area contributed by atoms with Crippen molar-refractivity contribution in [2.45, 2.75) is 12.8 Å². The highest BCUT2D eigenvalue weighted by atomic mass is 19.4. The summed E-state index contributed by atoms with van der Waals surface area (Å²) in [7, 11) is 1.57. The molecule has 0 saturated heterocycles. The van der Waals surface area contributed by atoms with Crippen LogP contribution in [0.2, 0.25) is 0 Å². The second-order valence-corrected chi connectivity index (χ2v) is 4.32. The third-order valence-electron chi connectivity index (χ3n) is 2.72. The van der Waals surface area contributed by atoms with Crippen molar-refractivity contribution in [2.24, 2.45) is 0 Å². The van der Waals surface area contributed by atoms with E-state index in [0.29, 0.717) is 17.9 Å². The molecule has 0 radical (unpaired) electrons. The highest BCUT2D eigenvalue weighted by Crippen LogP contribution is 2.29. The molecule has 0 unspecified atom stereocenters. The van der Waals surface area contributed by atoms with Crippen molar-refractivity contribution in [2.75, 3.05) is 7.11 Å². The molecule has 1 aromatic carbocycles. The quantitative estimate of drug-likeness (QED) is 0.860. The molecule has 6 heteroatoms. The summed E-state index contributed by atoms with van der Waals surface area (Å²) in [5.41, 5.74) is 1.40. The molecule has 2 aromatic rings. The van der Waals surface area contributed by atoms with Gasteiger partial charge in [-0.3, -0.25) is 0 Å². The van der Waals surface area contributed by atoms with Gasteiger partial charge >= 0.3 is 6.18 Å². The molecule has 0 aliphatic rings. The second-order valence-electron chi connectivity index (χ2n) is 4.32. The van der Waals surface area contributed by atoms with Gasteiger partial charge in [-0.15, -0.1) is 0 Å². The van der Waals surface area contributed by atoms with E-state index >= 15 is 0 Å². The summed E-state index contributed by atoms with van der Waals surface area (Å²) < 4.78 is 42.3. The third kappa shape index (κ3) is 4.39. The number of ether oxygens (including phenoxy) is 1. The Bertz CT molecular complexity index is 622. The molecule has 0 bridgehead atoms. The van der Waals surface area contributed by atoms with E-state index in [4.69, 9.17) is 4.74 Å². The monoisotopic (exact) mass is 294 g/mol. The number of alkyl halides is 3. The first-order valence-electron chi connectivity index (χ1n) is 6.14. The Morgan fingerprint density at radius 3 is 2.43 bits per heavy atom. The van der Waals surface area contributed by atoms with E-state index < -0.39 is 11.7 Å². The first kappa shape index (κ1) is 15.2. The molecule has 0 saturated carbocycles. The number of halogens is 3. The SMILES string of the molecule is COCc1cc(C=Cc2ccc(C(F)(F)F)cc2)ncn1. The number of methoxy groups -OCH3 is 1. The summed E-state index contributed by atoms with van der Waals surface area (Å²) in [5, 5.41) is 0. The van der Waals surface area contributed by atoms with Gasteiger partial charge in [-0.2, -0.15) is 13.2 Å². The fraction of sp³-hybridized carbons (Fsp3) is 0.200. The Morgan fingerprint density at radius 2 is 1.81 bits per heavy atom. The third-order valence-corrected chi connectivity index (χ3v) is 2.72. The van der Waals surface area contributed by atoms with Crippen molar-refractivity contribution < 1.29 is 17.9 Å². The first-order valence-corrected chi connectivity index (χ1v) is 6.14. The van der Waals surface area contributed by atoms with E-state index in [-0.39, 0.29) is 0 Å². The molecule has 1 heterocycles. The predicted molar refractivity (Wildman–Crippen MR) is 73.1 cm³/mol. The van der Waals surface area contributed by atoms with Crippen molar-refractivity contribution in [3.8, 4) is 0 Å². The maximum Gasteiger partial charge on any atom is 0.416 e. The average molecular weight is 294 g/mol. The topological polar surface area (TPSA) is 35.0 Å². The smallest absolute Gasteiger partial charge is 0.378 e. The number of rotatable bonds is 4. The zero-order valence-corrected chi connectivity index (χ0v) is 11.3. The Balaban J connectivity index is 2.12. The van der Waals surface area contributed by atoms with Gasteiger partial charge in [-0.1, -0.05) is 18.2 Å². The van der Waals surface area contributed by atoms with Crippen LogP contribution >= 0.6 is 0 Å². The van der Waals surface area contributed by atoms with Gasteiger partial charge in [0.1, 0.15) is 6.33 Å². The lowest BCUT2D eigenvalue weighted by Gasteiger charge is -2.05. The molecule has 0 atom stereocenters. The largest absolute Gasteiger partial charge is 0.416 e. The molecule has 0 amide bonds. The van der Waals surface area contributed by atoms with E-state index in [9.17, 15) is 13.2 Å². The van der Waals surface area contributed by atoms with E-state index in [1.807, 2.05) is 0 Å². The van der Waals surface area contributed by atoms with Crippen molar-refractivity contribution in [1.82, 2.24) is 9.97 Å². The zero-order chi connectivity index (χ0) is 15.3. The number of nitrogens with zero attached hydrogens (tertiary/aromatic N) is 2. The molecule has 1 aromatic heterocycles. The van der Waals surface area contributed by atoms with Crippen LogP contribution in [-0.2, 0) is 17.5 Å². The highest BCUT2D eigenvalue weighted by Gasteiger charge is 2.29. The normalized spacial score (nSPS) is 12.0. The van der Waals surface area contributed by atoms with Gasteiger partial charge in [-0.25, -0.2) is 9.97 Å². The minimum absolute atomic E-state index is 0.379. The molecule has 0 N–H and O–H groups in total. The van der Waals surface area contributed by atoms with E-state index in [2.05, 4.69) is 9.97 Å². The van der Waals surface area contributed by atoms with Gasteiger partial charge in [0, 0.05) is 7.11 Å². The fourth-order valence-corrected chi connectivity index (χ4v) is 1.70. The minimum Gasteiger partial charge on any atom is -0.378 e. The van der Waals surface area contributed by atoms with Crippen LogP contribution in [0.4, 0.5) is 13.2 Å². The summed E-state index contributed by atoms with van der Waals surface area (Å²) in [4.78, 5) is 8.09.